The Balaban J connectivity index is 3.08. The molecule has 2 amide bonds. The summed E-state index contributed by atoms with van der Waals surface area (Å²) in [7, 11) is 0. The number of hydroxylamine groups is 2. The molecule has 1 rings (SSSR count). The van der Waals surface area contributed by atoms with E-state index in [0.29, 0.717) is 5.06 Å². The van der Waals surface area contributed by atoms with Gasteiger partial charge in [-0.15, -0.1) is 5.06 Å². The monoisotopic (exact) mass is 377 g/mol. The highest BCUT2D eigenvalue weighted by Gasteiger charge is 2.33. The van der Waals surface area contributed by atoms with Crippen LogP contribution in [0.2, 0.25) is 0 Å². The maximum absolute atomic E-state index is 12.8. The van der Waals surface area contributed by atoms with Gasteiger partial charge >= 0.3 is 12.1 Å². The molecule has 0 radical (unpaired) electrons. The summed E-state index contributed by atoms with van der Waals surface area (Å²) >= 11 is 0. The Morgan fingerprint density at radius 2 is 1.63 bits per heavy atom. The van der Waals surface area contributed by atoms with Gasteiger partial charge in [0.05, 0.1) is 6.61 Å². The zero-order valence-corrected chi connectivity index (χ0v) is 16.6. The van der Waals surface area contributed by atoms with Crippen LogP contribution in [0.4, 0.5) is 4.79 Å². The van der Waals surface area contributed by atoms with Crippen LogP contribution in [-0.2, 0) is 19.1 Å². The average molecular weight is 377 g/mol. The highest BCUT2D eigenvalue weighted by molar-refractivity contribution is 6.01. The molecule has 0 aliphatic rings. The summed E-state index contributed by atoms with van der Waals surface area (Å²) in [5, 5.41) is 0.566. The molecule has 0 spiro atoms. The molecule has 0 fully saturated rings. The molecule has 0 atom stereocenters. The predicted octanol–water partition coefficient (Wildman–Crippen LogP) is 3.89. The molecule has 0 heterocycles. The normalized spacial score (nSPS) is 11.9. The van der Waals surface area contributed by atoms with Gasteiger partial charge in [0.1, 0.15) is 11.2 Å². The number of ether oxygens (including phenoxy) is 2. The van der Waals surface area contributed by atoms with Gasteiger partial charge in [-0.2, -0.15) is 0 Å². The van der Waals surface area contributed by atoms with Crippen LogP contribution >= 0.6 is 0 Å². The van der Waals surface area contributed by atoms with Crippen LogP contribution < -0.4 is 0 Å². The minimum absolute atomic E-state index is 0.237. The van der Waals surface area contributed by atoms with E-state index in [0.717, 1.165) is 0 Å². The zero-order valence-electron chi connectivity index (χ0n) is 16.6. The van der Waals surface area contributed by atoms with Gasteiger partial charge in [0.25, 0.3) is 5.91 Å². The summed E-state index contributed by atoms with van der Waals surface area (Å²) in [5.74, 6) is -1.23. The van der Waals surface area contributed by atoms with E-state index in [-0.39, 0.29) is 12.2 Å². The van der Waals surface area contributed by atoms with E-state index in [1.165, 1.54) is 12.2 Å². The van der Waals surface area contributed by atoms with E-state index in [9.17, 15) is 14.4 Å². The molecule has 1 aromatic rings. The average Bonchev–Trinajstić information content (AvgIpc) is 2.57. The van der Waals surface area contributed by atoms with E-state index in [1.807, 2.05) is 0 Å². The molecule has 0 N–H and O–H groups in total. The minimum atomic E-state index is -1.16. The first-order chi connectivity index (χ1) is 12.4. The van der Waals surface area contributed by atoms with Crippen molar-refractivity contribution in [1.29, 1.82) is 0 Å². The van der Waals surface area contributed by atoms with Crippen molar-refractivity contribution in [3.63, 3.8) is 0 Å². The van der Waals surface area contributed by atoms with Crippen LogP contribution in [-0.4, -0.2) is 40.8 Å². The van der Waals surface area contributed by atoms with Crippen molar-refractivity contribution in [1.82, 2.24) is 5.06 Å². The Bertz CT molecular complexity index is 688. The minimum Gasteiger partial charge on any atom is -0.463 e. The largest absolute Gasteiger partial charge is 0.463 e. The lowest BCUT2D eigenvalue weighted by atomic mass is 10.1. The molecule has 0 aliphatic heterocycles. The van der Waals surface area contributed by atoms with Gasteiger partial charge in [0.15, 0.2) is 0 Å². The van der Waals surface area contributed by atoms with Crippen LogP contribution in [0.1, 0.15) is 51.9 Å². The highest BCUT2D eigenvalue weighted by atomic mass is 16.7. The standard InChI is InChI=1S/C20H27NO6/c1-7-25-16(22)13-14-20(5,6)27-21(18(24)26-19(2,3)4)17(23)15-11-9-8-10-12-15/h8-14H,7H2,1-6H3/b14-13+. The second kappa shape index (κ2) is 9.32. The van der Waals surface area contributed by atoms with E-state index in [4.69, 9.17) is 14.3 Å². The summed E-state index contributed by atoms with van der Waals surface area (Å²) in [6, 6.07) is 8.22. The quantitative estimate of drug-likeness (QED) is 0.425. The first-order valence-electron chi connectivity index (χ1n) is 8.63. The summed E-state index contributed by atoms with van der Waals surface area (Å²) in [6.07, 6.45) is 1.64. The fraction of sp³-hybridized carbons (Fsp3) is 0.450. The van der Waals surface area contributed by atoms with Gasteiger partial charge in [-0.3, -0.25) is 9.63 Å². The number of hydrogen-bond acceptors (Lipinski definition) is 6. The molecule has 0 unspecified atom stereocenters. The van der Waals surface area contributed by atoms with Gasteiger partial charge in [0.2, 0.25) is 0 Å². The summed E-state index contributed by atoms with van der Waals surface area (Å²) < 4.78 is 10.1. The SMILES string of the molecule is CCOC(=O)/C=C/C(C)(C)ON(C(=O)OC(C)(C)C)C(=O)c1ccccc1. The molecule has 148 valence electrons. The lowest BCUT2D eigenvalue weighted by Gasteiger charge is -2.30. The molecule has 0 aliphatic carbocycles. The fourth-order valence-corrected chi connectivity index (χ4v) is 1.89. The first kappa shape index (κ1) is 22.4. The lowest BCUT2D eigenvalue weighted by molar-refractivity contribution is -0.171. The molecule has 27 heavy (non-hydrogen) atoms. The number of esters is 1. The third-order valence-corrected chi connectivity index (χ3v) is 3.00. The van der Waals surface area contributed by atoms with Crippen LogP contribution in [0.15, 0.2) is 42.5 Å². The molecule has 0 aromatic heterocycles. The molecule has 1 aromatic carbocycles. The van der Waals surface area contributed by atoms with Gasteiger partial charge in [-0.1, -0.05) is 18.2 Å². The van der Waals surface area contributed by atoms with Gasteiger partial charge in [0, 0.05) is 11.6 Å². The number of carbonyl (C=O) groups is 3. The number of nitrogens with zero attached hydrogens (tertiary/aromatic N) is 1. The molecule has 0 saturated carbocycles. The second-order valence-corrected chi connectivity index (χ2v) is 7.23. The summed E-state index contributed by atoms with van der Waals surface area (Å²) in [5.41, 5.74) is -1.72. The predicted molar refractivity (Wildman–Crippen MR) is 99.8 cm³/mol. The number of rotatable bonds is 6. The van der Waals surface area contributed by atoms with Crippen molar-refractivity contribution >= 4 is 18.0 Å². The van der Waals surface area contributed by atoms with Crippen LogP contribution in [0.5, 0.6) is 0 Å². The molecule has 0 saturated heterocycles. The van der Waals surface area contributed by atoms with Crippen molar-refractivity contribution in [2.24, 2.45) is 0 Å². The molecule has 7 nitrogen and oxygen atoms in total. The smallest absolute Gasteiger partial charge is 0.442 e. The molecular formula is C20H27NO6. The Morgan fingerprint density at radius 3 is 2.15 bits per heavy atom. The van der Waals surface area contributed by atoms with Crippen molar-refractivity contribution in [2.45, 2.75) is 52.7 Å². The van der Waals surface area contributed by atoms with Gasteiger partial charge < -0.3 is 9.47 Å². The van der Waals surface area contributed by atoms with Gasteiger partial charge in [-0.25, -0.2) is 9.59 Å². The summed E-state index contributed by atoms with van der Waals surface area (Å²) in [4.78, 5) is 42.4. The number of benzene rings is 1. The van der Waals surface area contributed by atoms with E-state index in [2.05, 4.69) is 0 Å². The van der Waals surface area contributed by atoms with Crippen LogP contribution in [0.3, 0.4) is 0 Å². The van der Waals surface area contributed by atoms with Crippen molar-refractivity contribution in [2.75, 3.05) is 6.61 Å². The van der Waals surface area contributed by atoms with Crippen LogP contribution in [0, 0.1) is 0 Å². The highest BCUT2D eigenvalue weighted by Crippen LogP contribution is 2.20. The topological polar surface area (TPSA) is 82.1 Å². The zero-order chi connectivity index (χ0) is 20.7. The first-order valence-corrected chi connectivity index (χ1v) is 8.63. The third-order valence-electron chi connectivity index (χ3n) is 3.00. The van der Waals surface area contributed by atoms with E-state index >= 15 is 0 Å². The van der Waals surface area contributed by atoms with Crippen molar-refractivity contribution in [3.05, 3.63) is 48.0 Å². The third kappa shape index (κ3) is 8.04. The molecule has 7 heteroatoms. The van der Waals surface area contributed by atoms with E-state index < -0.39 is 29.2 Å². The summed E-state index contributed by atoms with van der Waals surface area (Å²) in [6.45, 7) is 10.2. The maximum Gasteiger partial charge on any atom is 0.442 e. The molecule has 0 bridgehead atoms. The Hall–Kier alpha value is -2.67. The van der Waals surface area contributed by atoms with Gasteiger partial charge in [-0.05, 0) is 59.8 Å². The number of amides is 2. The number of hydrogen-bond donors (Lipinski definition) is 0. The Morgan fingerprint density at radius 1 is 1.04 bits per heavy atom. The van der Waals surface area contributed by atoms with Crippen molar-refractivity contribution in [3.8, 4) is 0 Å². The fourth-order valence-electron chi connectivity index (χ4n) is 1.89. The Kier molecular flexibility index (Phi) is 7.72. The number of imide groups is 1. The van der Waals surface area contributed by atoms with Crippen molar-refractivity contribution < 1.29 is 28.7 Å². The second-order valence-electron chi connectivity index (χ2n) is 7.23. The lowest BCUT2D eigenvalue weighted by Crippen LogP contribution is -2.45. The maximum atomic E-state index is 12.8. The van der Waals surface area contributed by atoms with Crippen LogP contribution in [0.25, 0.3) is 0 Å². The van der Waals surface area contributed by atoms with E-state index in [1.54, 1.807) is 71.9 Å². The number of carbonyl (C=O) groups excluding carboxylic acids is 3. The Labute approximate surface area is 159 Å². The molecular weight excluding hydrogens is 350 g/mol.